The second-order valence-corrected chi connectivity index (χ2v) is 7.33. The smallest absolute Gasteiger partial charge is 0.227 e. The Hall–Kier alpha value is -2.21. The van der Waals surface area contributed by atoms with Crippen LogP contribution in [-0.2, 0) is 11.2 Å². The number of amides is 1. The third kappa shape index (κ3) is 4.69. The summed E-state index contributed by atoms with van der Waals surface area (Å²) in [7, 11) is 2.10. The van der Waals surface area contributed by atoms with Gasteiger partial charge in [0.1, 0.15) is 0 Å². The van der Waals surface area contributed by atoms with Crippen LogP contribution in [-0.4, -0.2) is 59.1 Å². The average Bonchev–Trinajstić information content (AvgIpc) is 3.01. The van der Waals surface area contributed by atoms with Gasteiger partial charge in [-0.05, 0) is 31.5 Å². The number of nitrogens with zero attached hydrogens (tertiary/aromatic N) is 4. The van der Waals surface area contributed by atoms with Crippen molar-refractivity contribution in [3.8, 4) is 11.4 Å². The molecule has 140 valence electrons. The molecule has 1 fully saturated rings. The van der Waals surface area contributed by atoms with Gasteiger partial charge in [0.05, 0.1) is 0 Å². The first-order chi connectivity index (χ1) is 12.5. The molecule has 0 bridgehead atoms. The van der Waals surface area contributed by atoms with Crippen LogP contribution in [0.4, 0.5) is 0 Å². The molecule has 0 radical (unpaired) electrons. The van der Waals surface area contributed by atoms with Crippen LogP contribution in [0, 0.1) is 0 Å². The van der Waals surface area contributed by atoms with Gasteiger partial charge in [-0.25, -0.2) is 0 Å². The van der Waals surface area contributed by atoms with Crippen molar-refractivity contribution < 1.29 is 9.32 Å². The quantitative estimate of drug-likeness (QED) is 0.824. The number of carbonyl (C=O) groups is 1. The predicted molar refractivity (Wildman–Crippen MR) is 101 cm³/mol. The van der Waals surface area contributed by atoms with Gasteiger partial charge < -0.3 is 14.3 Å². The van der Waals surface area contributed by atoms with Crippen LogP contribution in [0.15, 0.2) is 28.8 Å². The molecule has 0 unspecified atom stereocenters. The molecule has 0 saturated carbocycles. The lowest BCUT2D eigenvalue weighted by Gasteiger charge is -2.20. The summed E-state index contributed by atoms with van der Waals surface area (Å²) in [6, 6.07) is 8.22. The van der Waals surface area contributed by atoms with E-state index in [-0.39, 0.29) is 5.91 Å². The van der Waals surface area contributed by atoms with Crippen molar-refractivity contribution in [2.45, 2.75) is 39.0 Å². The summed E-state index contributed by atoms with van der Waals surface area (Å²) < 4.78 is 5.34. The molecule has 1 aromatic heterocycles. The minimum absolute atomic E-state index is 0.168. The van der Waals surface area contributed by atoms with Gasteiger partial charge in [-0.2, -0.15) is 4.98 Å². The van der Waals surface area contributed by atoms with E-state index in [1.165, 1.54) is 5.56 Å². The van der Waals surface area contributed by atoms with Crippen molar-refractivity contribution >= 4 is 5.91 Å². The van der Waals surface area contributed by atoms with E-state index < -0.39 is 0 Å². The van der Waals surface area contributed by atoms with Crippen LogP contribution in [0.2, 0.25) is 0 Å². The first-order valence-corrected chi connectivity index (χ1v) is 9.42. The van der Waals surface area contributed by atoms with Crippen molar-refractivity contribution in [1.82, 2.24) is 19.9 Å². The highest BCUT2D eigenvalue weighted by Crippen LogP contribution is 2.20. The van der Waals surface area contributed by atoms with Crippen LogP contribution in [0.25, 0.3) is 11.4 Å². The van der Waals surface area contributed by atoms with Crippen molar-refractivity contribution in [3.63, 3.8) is 0 Å². The molecule has 0 spiro atoms. The van der Waals surface area contributed by atoms with Crippen molar-refractivity contribution in [2.24, 2.45) is 0 Å². The van der Waals surface area contributed by atoms with Gasteiger partial charge in [0.2, 0.25) is 17.6 Å². The van der Waals surface area contributed by atoms with Crippen molar-refractivity contribution in [1.29, 1.82) is 0 Å². The highest BCUT2D eigenvalue weighted by Gasteiger charge is 2.18. The molecule has 6 nitrogen and oxygen atoms in total. The number of aromatic nitrogens is 2. The van der Waals surface area contributed by atoms with E-state index in [0.29, 0.717) is 30.5 Å². The zero-order valence-electron chi connectivity index (χ0n) is 15.9. The molecule has 1 saturated heterocycles. The van der Waals surface area contributed by atoms with Gasteiger partial charge >= 0.3 is 0 Å². The summed E-state index contributed by atoms with van der Waals surface area (Å²) in [5.74, 6) is 1.77. The molecule has 1 aliphatic heterocycles. The zero-order valence-corrected chi connectivity index (χ0v) is 15.9. The molecule has 2 heterocycles. The molecule has 3 rings (SSSR count). The van der Waals surface area contributed by atoms with Gasteiger partial charge in [0.25, 0.3) is 0 Å². The molecule has 1 aromatic carbocycles. The lowest BCUT2D eigenvalue weighted by atomic mass is 10.0. The molecule has 0 N–H and O–H groups in total. The molecular formula is C20H28N4O2. The number of aryl methyl sites for hydroxylation is 1. The molecule has 6 heteroatoms. The summed E-state index contributed by atoms with van der Waals surface area (Å²) in [5, 5.41) is 4.06. The summed E-state index contributed by atoms with van der Waals surface area (Å²) in [6.07, 6.45) is 1.93. The molecule has 1 aliphatic rings. The van der Waals surface area contributed by atoms with Gasteiger partial charge in [0, 0.05) is 38.0 Å². The lowest BCUT2D eigenvalue weighted by molar-refractivity contribution is -0.131. The lowest BCUT2D eigenvalue weighted by Crippen LogP contribution is -2.34. The Morgan fingerprint density at radius 3 is 2.65 bits per heavy atom. The number of rotatable bonds is 5. The fourth-order valence-corrected chi connectivity index (χ4v) is 3.16. The summed E-state index contributed by atoms with van der Waals surface area (Å²) >= 11 is 0. The Balaban J connectivity index is 1.55. The van der Waals surface area contributed by atoms with Crippen LogP contribution < -0.4 is 0 Å². The maximum absolute atomic E-state index is 12.4. The number of benzene rings is 1. The van der Waals surface area contributed by atoms with E-state index in [0.717, 1.165) is 38.2 Å². The Morgan fingerprint density at radius 1 is 1.15 bits per heavy atom. The van der Waals surface area contributed by atoms with Crippen molar-refractivity contribution in [3.05, 3.63) is 35.7 Å². The highest BCUT2D eigenvalue weighted by atomic mass is 16.5. The SMILES string of the molecule is CC(C)c1ccc(-c2noc(CCC(=O)N3CCCN(C)CC3)n2)cc1. The fraction of sp³-hybridized carbons (Fsp3) is 0.550. The van der Waals surface area contributed by atoms with Crippen molar-refractivity contribution in [2.75, 3.05) is 33.2 Å². The standard InChI is InChI=1S/C20H28N4O2/c1-15(2)16-5-7-17(8-6-16)20-21-18(26-22-20)9-10-19(25)24-12-4-11-23(3)13-14-24/h5-8,15H,4,9-14H2,1-3H3. The average molecular weight is 356 g/mol. The summed E-state index contributed by atoms with van der Waals surface area (Å²) in [4.78, 5) is 21.1. The third-order valence-corrected chi connectivity index (χ3v) is 4.93. The summed E-state index contributed by atoms with van der Waals surface area (Å²) in [6.45, 7) is 7.95. The van der Waals surface area contributed by atoms with E-state index in [2.05, 4.69) is 48.1 Å². The van der Waals surface area contributed by atoms with Gasteiger partial charge in [-0.15, -0.1) is 0 Å². The molecule has 0 aliphatic carbocycles. The molecule has 2 aromatic rings. The Morgan fingerprint density at radius 2 is 1.92 bits per heavy atom. The number of hydrogen-bond donors (Lipinski definition) is 0. The number of hydrogen-bond acceptors (Lipinski definition) is 5. The monoisotopic (exact) mass is 356 g/mol. The van der Waals surface area contributed by atoms with Crippen LogP contribution in [0.3, 0.4) is 0 Å². The first-order valence-electron chi connectivity index (χ1n) is 9.42. The van der Waals surface area contributed by atoms with Crippen LogP contribution in [0.1, 0.15) is 44.1 Å². The number of likely N-dealkylation sites (N-methyl/N-ethyl adjacent to an activating group) is 1. The minimum atomic E-state index is 0.168. The second kappa shape index (κ2) is 8.45. The summed E-state index contributed by atoms with van der Waals surface area (Å²) in [5.41, 5.74) is 2.22. The maximum Gasteiger partial charge on any atom is 0.227 e. The van der Waals surface area contributed by atoms with E-state index in [1.54, 1.807) is 0 Å². The highest BCUT2D eigenvalue weighted by molar-refractivity contribution is 5.76. The van der Waals surface area contributed by atoms with Crippen LogP contribution in [0.5, 0.6) is 0 Å². The van der Waals surface area contributed by atoms with E-state index in [4.69, 9.17) is 4.52 Å². The topological polar surface area (TPSA) is 62.5 Å². The van der Waals surface area contributed by atoms with E-state index in [9.17, 15) is 4.79 Å². The number of carbonyl (C=O) groups excluding carboxylic acids is 1. The normalized spacial score (nSPS) is 16.1. The Bertz CT molecular complexity index is 724. The third-order valence-electron chi connectivity index (χ3n) is 4.93. The molecule has 1 amide bonds. The molecule has 26 heavy (non-hydrogen) atoms. The maximum atomic E-state index is 12.4. The van der Waals surface area contributed by atoms with Gasteiger partial charge in [-0.3, -0.25) is 4.79 Å². The molecular weight excluding hydrogens is 328 g/mol. The second-order valence-electron chi connectivity index (χ2n) is 7.33. The Kier molecular flexibility index (Phi) is 6.04. The van der Waals surface area contributed by atoms with E-state index in [1.807, 2.05) is 17.0 Å². The predicted octanol–water partition coefficient (Wildman–Crippen LogP) is 2.96. The first kappa shape index (κ1) is 18.6. The zero-order chi connectivity index (χ0) is 18.5. The fourth-order valence-electron chi connectivity index (χ4n) is 3.16. The van der Waals surface area contributed by atoms with E-state index >= 15 is 0 Å². The van der Waals surface area contributed by atoms with Crippen LogP contribution >= 0.6 is 0 Å². The molecule has 0 atom stereocenters. The van der Waals surface area contributed by atoms with Gasteiger partial charge in [-0.1, -0.05) is 43.3 Å². The Labute approximate surface area is 155 Å². The largest absolute Gasteiger partial charge is 0.341 e. The van der Waals surface area contributed by atoms with Gasteiger partial charge in [0.15, 0.2) is 0 Å². The minimum Gasteiger partial charge on any atom is -0.341 e.